The van der Waals surface area contributed by atoms with Gasteiger partial charge >= 0.3 is 6.18 Å². The fraction of sp³-hybridized carbons (Fsp3) is 0.0588. The number of aromatic amines is 1. The van der Waals surface area contributed by atoms with E-state index < -0.39 is 23.3 Å². The van der Waals surface area contributed by atoms with Crippen LogP contribution in [0.25, 0.3) is 22.4 Å². The number of H-pyrrole nitrogens is 1. The van der Waals surface area contributed by atoms with Crippen molar-refractivity contribution in [1.29, 1.82) is 0 Å². The highest BCUT2D eigenvalue weighted by Gasteiger charge is 2.43. The summed E-state index contributed by atoms with van der Waals surface area (Å²) in [7, 11) is 0. The first kappa shape index (κ1) is 15.8. The van der Waals surface area contributed by atoms with Crippen molar-refractivity contribution in [3.63, 3.8) is 0 Å². The number of hydrogen-bond acceptors (Lipinski definition) is 3. The molecule has 0 saturated heterocycles. The zero-order chi connectivity index (χ0) is 17.3. The van der Waals surface area contributed by atoms with Crippen LogP contribution in [0.3, 0.4) is 0 Å². The maximum absolute atomic E-state index is 13.0. The molecule has 122 valence electrons. The highest BCUT2D eigenvalue weighted by molar-refractivity contribution is 6.28. The Morgan fingerprint density at radius 3 is 2.25 bits per heavy atom. The van der Waals surface area contributed by atoms with E-state index in [0.717, 1.165) is 0 Å². The Kier molecular flexibility index (Phi) is 3.84. The minimum atomic E-state index is -5.14. The van der Waals surface area contributed by atoms with Gasteiger partial charge < -0.3 is 10.1 Å². The van der Waals surface area contributed by atoms with Crippen molar-refractivity contribution in [3.05, 3.63) is 66.0 Å². The molecule has 3 aromatic rings. The van der Waals surface area contributed by atoms with Gasteiger partial charge in [0.1, 0.15) is 17.2 Å². The molecule has 0 aliphatic rings. The van der Waals surface area contributed by atoms with Gasteiger partial charge in [-0.3, -0.25) is 4.79 Å². The molecule has 24 heavy (non-hydrogen) atoms. The monoisotopic (exact) mass is 332 g/mol. The molecule has 2 aromatic carbocycles. The van der Waals surface area contributed by atoms with Crippen LogP contribution in [0.4, 0.5) is 13.2 Å². The van der Waals surface area contributed by atoms with Crippen LogP contribution >= 0.6 is 0 Å². The standard InChI is InChI=1S/C17H11F3N2O2/c18-17(19,20)15(24)13(14(23)10-6-2-1-3-7-10)16-21-11-8-4-5-9-12(11)22-16/h1-9,23H,(H,21,22)/b14-13-. The third-order valence-corrected chi connectivity index (χ3v) is 3.39. The van der Waals surface area contributed by atoms with Crippen molar-refractivity contribution in [2.75, 3.05) is 0 Å². The average Bonchev–Trinajstić information content (AvgIpc) is 2.98. The van der Waals surface area contributed by atoms with Gasteiger partial charge in [-0.05, 0) is 12.1 Å². The number of nitrogens with one attached hydrogen (secondary N) is 1. The summed E-state index contributed by atoms with van der Waals surface area (Å²) in [5.74, 6) is -3.28. The van der Waals surface area contributed by atoms with Crippen LogP contribution in [0.2, 0.25) is 0 Å². The van der Waals surface area contributed by atoms with Crippen molar-refractivity contribution in [3.8, 4) is 0 Å². The predicted molar refractivity (Wildman–Crippen MR) is 83.0 cm³/mol. The summed E-state index contributed by atoms with van der Waals surface area (Å²) < 4.78 is 38.9. The lowest BCUT2D eigenvalue weighted by atomic mass is 10.0. The van der Waals surface area contributed by atoms with Gasteiger partial charge in [0.25, 0.3) is 5.78 Å². The molecule has 0 fully saturated rings. The van der Waals surface area contributed by atoms with Crippen LogP contribution < -0.4 is 0 Å². The Balaban J connectivity index is 2.24. The lowest BCUT2D eigenvalue weighted by molar-refractivity contribution is -0.164. The van der Waals surface area contributed by atoms with Gasteiger partial charge in [-0.25, -0.2) is 4.98 Å². The molecule has 0 bridgehead atoms. The largest absolute Gasteiger partial charge is 0.506 e. The van der Waals surface area contributed by atoms with Gasteiger partial charge in [-0.1, -0.05) is 42.5 Å². The van der Waals surface area contributed by atoms with E-state index in [1.807, 2.05) is 0 Å². The number of carbonyl (C=O) groups excluding carboxylic acids is 1. The second-order valence-corrected chi connectivity index (χ2v) is 5.02. The molecule has 2 N–H and O–H groups in total. The molecule has 0 aliphatic heterocycles. The van der Waals surface area contributed by atoms with E-state index in [-0.39, 0.29) is 11.4 Å². The molecular formula is C17H11F3N2O2. The van der Waals surface area contributed by atoms with E-state index in [9.17, 15) is 23.1 Å². The Labute approximate surface area is 134 Å². The molecule has 0 saturated carbocycles. The fourth-order valence-electron chi connectivity index (χ4n) is 2.28. The Hall–Kier alpha value is -3.09. The van der Waals surface area contributed by atoms with Gasteiger partial charge in [0, 0.05) is 5.56 Å². The number of aromatic nitrogens is 2. The molecule has 7 heteroatoms. The van der Waals surface area contributed by atoms with E-state index in [0.29, 0.717) is 11.0 Å². The minimum absolute atomic E-state index is 0.0885. The Morgan fingerprint density at radius 1 is 1.00 bits per heavy atom. The van der Waals surface area contributed by atoms with Crippen molar-refractivity contribution < 1.29 is 23.1 Å². The highest BCUT2D eigenvalue weighted by atomic mass is 19.4. The van der Waals surface area contributed by atoms with Gasteiger partial charge in [-0.2, -0.15) is 13.2 Å². The molecule has 1 aromatic heterocycles. The topological polar surface area (TPSA) is 66.0 Å². The molecule has 3 rings (SSSR count). The van der Waals surface area contributed by atoms with E-state index in [1.54, 1.807) is 42.5 Å². The number of carbonyl (C=O) groups is 1. The molecule has 0 atom stereocenters. The number of aliphatic hydroxyl groups excluding tert-OH is 1. The third-order valence-electron chi connectivity index (χ3n) is 3.39. The number of halogens is 3. The summed E-state index contributed by atoms with van der Waals surface area (Å²) in [5, 5.41) is 10.3. The summed E-state index contributed by atoms with van der Waals surface area (Å²) in [6, 6.07) is 14.1. The first-order chi connectivity index (χ1) is 11.4. The van der Waals surface area contributed by atoms with Crippen LogP contribution in [0.15, 0.2) is 54.6 Å². The number of benzene rings is 2. The third kappa shape index (κ3) is 2.88. The number of Topliss-reactive ketones (excluding diaryl/α,β-unsaturated/α-hetero) is 1. The molecule has 0 radical (unpaired) electrons. The highest BCUT2D eigenvalue weighted by Crippen LogP contribution is 2.31. The summed E-state index contributed by atoms with van der Waals surface area (Å²) in [6.07, 6.45) is -5.14. The normalized spacial score (nSPS) is 13.0. The lowest BCUT2D eigenvalue weighted by Gasteiger charge is -2.10. The Morgan fingerprint density at radius 2 is 1.62 bits per heavy atom. The van der Waals surface area contributed by atoms with Crippen LogP contribution in [0.1, 0.15) is 11.4 Å². The molecule has 1 heterocycles. The molecule has 0 spiro atoms. The lowest BCUT2D eigenvalue weighted by Crippen LogP contribution is -2.25. The summed E-state index contributed by atoms with van der Waals surface area (Å²) >= 11 is 0. The van der Waals surface area contributed by atoms with Gasteiger partial charge in [-0.15, -0.1) is 0 Å². The second-order valence-electron chi connectivity index (χ2n) is 5.02. The number of alkyl halides is 3. The van der Waals surface area contributed by atoms with Crippen molar-refractivity contribution in [2.45, 2.75) is 6.18 Å². The van der Waals surface area contributed by atoms with Crippen LogP contribution in [0.5, 0.6) is 0 Å². The summed E-state index contributed by atoms with van der Waals surface area (Å²) in [4.78, 5) is 18.5. The number of nitrogens with zero attached hydrogens (tertiary/aromatic N) is 1. The minimum Gasteiger partial charge on any atom is -0.506 e. The molecule has 0 aliphatic carbocycles. The number of ketones is 1. The van der Waals surface area contributed by atoms with E-state index in [2.05, 4.69) is 9.97 Å². The van der Waals surface area contributed by atoms with Crippen LogP contribution in [0, 0.1) is 0 Å². The molecule has 0 amide bonds. The number of para-hydroxylation sites is 2. The van der Waals surface area contributed by atoms with Gasteiger partial charge in [0.15, 0.2) is 0 Å². The second kappa shape index (κ2) is 5.84. The number of rotatable bonds is 3. The van der Waals surface area contributed by atoms with Crippen LogP contribution in [-0.4, -0.2) is 27.0 Å². The molecule has 4 nitrogen and oxygen atoms in total. The van der Waals surface area contributed by atoms with E-state index in [1.165, 1.54) is 12.1 Å². The smallest absolute Gasteiger partial charge is 0.455 e. The zero-order valence-corrected chi connectivity index (χ0v) is 12.1. The van der Waals surface area contributed by atoms with Crippen LogP contribution in [-0.2, 0) is 4.79 Å². The van der Waals surface area contributed by atoms with Gasteiger partial charge in [0.2, 0.25) is 0 Å². The van der Waals surface area contributed by atoms with Crippen molar-refractivity contribution in [2.24, 2.45) is 0 Å². The van der Waals surface area contributed by atoms with E-state index in [4.69, 9.17) is 0 Å². The first-order valence-corrected chi connectivity index (χ1v) is 6.93. The average molecular weight is 332 g/mol. The van der Waals surface area contributed by atoms with E-state index >= 15 is 0 Å². The number of fused-ring (bicyclic) bond motifs is 1. The quantitative estimate of drug-likeness (QED) is 0.560. The predicted octanol–water partition coefficient (Wildman–Crippen LogP) is 4.12. The maximum Gasteiger partial charge on any atom is 0.455 e. The van der Waals surface area contributed by atoms with Crippen molar-refractivity contribution >= 4 is 28.1 Å². The summed E-state index contributed by atoms with van der Waals surface area (Å²) in [5.41, 5.74) is 0.0251. The summed E-state index contributed by atoms with van der Waals surface area (Å²) in [6.45, 7) is 0. The number of aliphatic hydroxyl groups is 1. The molecule has 0 unspecified atom stereocenters. The SMILES string of the molecule is O=C(/C(=C(/O)c1ccccc1)c1nc2ccccc2[nH]1)C(F)(F)F. The zero-order valence-electron chi connectivity index (χ0n) is 12.1. The number of allylic oxidation sites excluding steroid dienone is 1. The van der Waals surface area contributed by atoms with Crippen molar-refractivity contribution in [1.82, 2.24) is 9.97 Å². The van der Waals surface area contributed by atoms with Gasteiger partial charge in [0.05, 0.1) is 11.0 Å². The number of imidazole rings is 1. The first-order valence-electron chi connectivity index (χ1n) is 6.93. The fourth-order valence-corrected chi connectivity index (χ4v) is 2.28. The maximum atomic E-state index is 13.0. The Bertz CT molecular complexity index is 895. The molecular weight excluding hydrogens is 321 g/mol. The number of hydrogen-bond donors (Lipinski definition) is 2.